The molecule has 1 N–H and O–H groups in total. The van der Waals surface area contributed by atoms with E-state index in [0.717, 1.165) is 5.69 Å². The first kappa shape index (κ1) is 14.9. The van der Waals surface area contributed by atoms with Crippen molar-refractivity contribution in [2.75, 3.05) is 5.32 Å². The minimum Gasteiger partial charge on any atom is -0.322 e. The van der Waals surface area contributed by atoms with E-state index < -0.39 is 0 Å². The first-order chi connectivity index (χ1) is 9.47. The molecule has 0 saturated heterocycles. The van der Waals surface area contributed by atoms with Gasteiger partial charge in [0.05, 0.1) is 10.6 Å². The van der Waals surface area contributed by atoms with E-state index in [0.29, 0.717) is 21.5 Å². The van der Waals surface area contributed by atoms with Crippen molar-refractivity contribution in [2.24, 2.45) is 0 Å². The standard InChI is InChI=1S/C16H15Cl2NO/c1-10(2)11-3-6-13(7-4-11)19-16(20)14-9-12(17)5-8-15(14)18/h3-10H,1-2H3,(H,19,20). The van der Waals surface area contributed by atoms with Crippen molar-refractivity contribution >= 4 is 34.8 Å². The van der Waals surface area contributed by atoms with Crippen molar-refractivity contribution < 1.29 is 4.79 Å². The van der Waals surface area contributed by atoms with E-state index in [1.807, 2.05) is 24.3 Å². The van der Waals surface area contributed by atoms with Crippen molar-refractivity contribution in [1.82, 2.24) is 0 Å². The zero-order valence-electron chi connectivity index (χ0n) is 11.3. The lowest BCUT2D eigenvalue weighted by molar-refractivity contribution is 0.102. The normalized spacial score (nSPS) is 10.7. The number of benzene rings is 2. The number of hydrogen-bond acceptors (Lipinski definition) is 1. The second-order valence-electron chi connectivity index (χ2n) is 4.86. The van der Waals surface area contributed by atoms with Crippen LogP contribution in [0.15, 0.2) is 42.5 Å². The highest BCUT2D eigenvalue weighted by Gasteiger charge is 2.11. The van der Waals surface area contributed by atoms with Crippen molar-refractivity contribution in [1.29, 1.82) is 0 Å². The highest BCUT2D eigenvalue weighted by atomic mass is 35.5. The van der Waals surface area contributed by atoms with Crippen LogP contribution in [0, 0.1) is 0 Å². The summed E-state index contributed by atoms with van der Waals surface area (Å²) in [6, 6.07) is 12.6. The number of nitrogens with one attached hydrogen (secondary N) is 1. The fraction of sp³-hybridized carbons (Fsp3) is 0.188. The van der Waals surface area contributed by atoms with Crippen LogP contribution in [0.5, 0.6) is 0 Å². The van der Waals surface area contributed by atoms with Crippen LogP contribution in [0.2, 0.25) is 10.0 Å². The number of anilines is 1. The van der Waals surface area contributed by atoms with Gasteiger partial charge in [-0.15, -0.1) is 0 Å². The van der Waals surface area contributed by atoms with Gasteiger partial charge in [-0.3, -0.25) is 4.79 Å². The summed E-state index contributed by atoms with van der Waals surface area (Å²) in [7, 11) is 0. The van der Waals surface area contributed by atoms with Crippen molar-refractivity contribution in [3.63, 3.8) is 0 Å². The summed E-state index contributed by atoms with van der Waals surface area (Å²) in [5.41, 5.74) is 2.33. The molecule has 0 unspecified atom stereocenters. The maximum atomic E-state index is 12.2. The lowest BCUT2D eigenvalue weighted by Gasteiger charge is -2.09. The molecular formula is C16H15Cl2NO. The average molecular weight is 308 g/mol. The fourth-order valence-electron chi connectivity index (χ4n) is 1.82. The van der Waals surface area contributed by atoms with E-state index in [9.17, 15) is 4.79 Å². The summed E-state index contributed by atoms with van der Waals surface area (Å²) < 4.78 is 0. The largest absolute Gasteiger partial charge is 0.322 e. The molecule has 0 heterocycles. The number of halogens is 2. The molecule has 2 aromatic rings. The molecule has 0 fully saturated rings. The van der Waals surface area contributed by atoms with E-state index in [1.165, 1.54) is 5.56 Å². The predicted molar refractivity (Wildman–Crippen MR) is 84.9 cm³/mol. The lowest BCUT2D eigenvalue weighted by Crippen LogP contribution is -2.12. The Morgan fingerprint density at radius 3 is 2.30 bits per heavy atom. The maximum Gasteiger partial charge on any atom is 0.257 e. The molecule has 0 saturated carbocycles. The van der Waals surface area contributed by atoms with Gasteiger partial charge in [-0.1, -0.05) is 49.2 Å². The SMILES string of the molecule is CC(C)c1ccc(NC(=O)c2cc(Cl)ccc2Cl)cc1. The first-order valence-electron chi connectivity index (χ1n) is 6.33. The molecule has 2 rings (SSSR count). The van der Waals surface area contributed by atoms with Crippen LogP contribution in [0.1, 0.15) is 35.7 Å². The van der Waals surface area contributed by atoms with E-state index in [4.69, 9.17) is 23.2 Å². The Morgan fingerprint density at radius 1 is 1.05 bits per heavy atom. The molecule has 4 heteroatoms. The third kappa shape index (κ3) is 3.53. The Kier molecular flexibility index (Phi) is 4.69. The highest BCUT2D eigenvalue weighted by molar-refractivity contribution is 6.36. The van der Waals surface area contributed by atoms with Crippen LogP contribution in [0.3, 0.4) is 0 Å². The number of carbonyl (C=O) groups excluding carboxylic acids is 1. The minimum absolute atomic E-state index is 0.269. The number of carbonyl (C=O) groups is 1. The van der Waals surface area contributed by atoms with Crippen LogP contribution in [-0.4, -0.2) is 5.91 Å². The highest BCUT2D eigenvalue weighted by Crippen LogP contribution is 2.22. The second kappa shape index (κ2) is 6.29. The van der Waals surface area contributed by atoms with Crippen molar-refractivity contribution in [2.45, 2.75) is 19.8 Å². The molecule has 2 nitrogen and oxygen atoms in total. The Labute approximate surface area is 128 Å². The van der Waals surface area contributed by atoms with Crippen molar-refractivity contribution in [3.05, 3.63) is 63.6 Å². The topological polar surface area (TPSA) is 29.1 Å². The van der Waals surface area contributed by atoms with E-state index >= 15 is 0 Å². The zero-order chi connectivity index (χ0) is 14.7. The van der Waals surface area contributed by atoms with Gasteiger partial charge < -0.3 is 5.32 Å². The summed E-state index contributed by atoms with van der Waals surface area (Å²) in [6.45, 7) is 4.25. The molecule has 0 aliphatic carbocycles. The molecule has 1 amide bonds. The van der Waals surface area contributed by atoms with Gasteiger partial charge in [-0.25, -0.2) is 0 Å². The van der Waals surface area contributed by atoms with E-state index in [1.54, 1.807) is 18.2 Å². The summed E-state index contributed by atoms with van der Waals surface area (Å²) in [5, 5.41) is 3.67. The Morgan fingerprint density at radius 2 is 1.70 bits per heavy atom. The molecule has 2 aromatic carbocycles. The third-order valence-electron chi connectivity index (χ3n) is 3.01. The molecule has 0 radical (unpaired) electrons. The van der Waals surface area contributed by atoms with Crippen LogP contribution in [0.4, 0.5) is 5.69 Å². The van der Waals surface area contributed by atoms with Gasteiger partial charge in [-0.2, -0.15) is 0 Å². The van der Waals surface area contributed by atoms with E-state index in [-0.39, 0.29) is 5.91 Å². The van der Waals surface area contributed by atoms with Gasteiger partial charge in [0.25, 0.3) is 5.91 Å². The molecule has 0 atom stereocenters. The predicted octanol–water partition coefficient (Wildman–Crippen LogP) is 5.37. The minimum atomic E-state index is -0.269. The maximum absolute atomic E-state index is 12.2. The van der Waals surface area contributed by atoms with Gasteiger partial charge in [0.2, 0.25) is 0 Å². The second-order valence-corrected chi connectivity index (χ2v) is 5.70. The number of amides is 1. The molecule has 0 bridgehead atoms. The fourth-order valence-corrected chi connectivity index (χ4v) is 2.20. The van der Waals surface area contributed by atoms with Crippen LogP contribution >= 0.6 is 23.2 Å². The van der Waals surface area contributed by atoms with Crippen LogP contribution in [-0.2, 0) is 0 Å². The van der Waals surface area contributed by atoms with Gasteiger partial charge in [0.15, 0.2) is 0 Å². The Hall–Kier alpha value is -1.51. The van der Waals surface area contributed by atoms with Gasteiger partial charge in [-0.05, 0) is 41.8 Å². The van der Waals surface area contributed by atoms with Gasteiger partial charge in [0, 0.05) is 10.7 Å². The van der Waals surface area contributed by atoms with Gasteiger partial charge in [0.1, 0.15) is 0 Å². The molecule has 0 aliphatic heterocycles. The number of hydrogen-bond donors (Lipinski definition) is 1. The zero-order valence-corrected chi connectivity index (χ0v) is 12.8. The van der Waals surface area contributed by atoms with Crippen LogP contribution in [0.25, 0.3) is 0 Å². The molecule has 0 aromatic heterocycles. The Bertz CT molecular complexity index is 621. The summed E-state index contributed by atoms with van der Waals surface area (Å²) in [6.07, 6.45) is 0. The van der Waals surface area contributed by atoms with E-state index in [2.05, 4.69) is 19.2 Å². The molecule has 0 aliphatic rings. The quantitative estimate of drug-likeness (QED) is 0.811. The van der Waals surface area contributed by atoms with Gasteiger partial charge >= 0.3 is 0 Å². The Balaban J connectivity index is 2.17. The average Bonchev–Trinajstić information content (AvgIpc) is 2.42. The number of rotatable bonds is 3. The molecule has 104 valence electrons. The molecule has 20 heavy (non-hydrogen) atoms. The molecule has 0 spiro atoms. The first-order valence-corrected chi connectivity index (χ1v) is 7.09. The van der Waals surface area contributed by atoms with Crippen LogP contribution < -0.4 is 5.32 Å². The summed E-state index contributed by atoms with van der Waals surface area (Å²) in [4.78, 5) is 12.2. The molecular weight excluding hydrogens is 293 g/mol. The smallest absolute Gasteiger partial charge is 0.257 e. The third-order valence-corrected chi connectivity index (χ3v) is 3.57. The lowest BCUT2D eigenvalue weighted by atomic mass is 10.0. The summed E-state index contributed by atoms with van der Waals surface area (Å²) in [5.74, 6) is 0.192. The van der Waals surface area contributed by atoms with Crippen molar-refractivity contribution in [3.8, 4) is 0 Å². The summed E-state index contributed by atoms with van der Waals surface area (Å²) >= 11 is 11.9. The monoisotopic (exact) mass is 307 g/mol.